The van der Waals surface area contributed by atoms with E-state index in [9.17, 15) is 10.1 Å². The summed E-state index contributed by atoms with van der Waals surface area (Å²) in [6.07, 6.45) is 0. The molecule has 22 heavy (non-hydrogen) atoms. The highest BCUT2D eigenvalue weighted by Crippen LogP contribution is 2.34. The summed E-state index contributed by atoms with van der Waals surface area (Å²) in [5.74, 6) is 0.484. The van der Waals surface area contributed by atoms with Crippen molar-refractivity contribution in [1.82, 2.24) is 0 Å². The minimum Gasteiger partial charge on any atom is -0.495 e. The van der Waals surface area contributed by atoms with Crippen molar-refractivity contribution in [3.63, 3.8) is 0 Å². The van der Waals surface area contributed by atoms with Gasteiger partial charge in [0.25, 0.3) is 5.69 Å². The second-order valence-electron chi connectivity index (χ2n) is 4.83. The van der Waals surface area contributed by atoms with Crippen LogP contribution in [-0.2, 0) is 0 Å². The summed E-state index contributed by atoms with van der Waals surface area (Å²) in [7, 11) is 1.51. The molecule has 0 spiro atoms. The number of rotatable bonds is 4. The fraction of sp³-hybridized carbons (Fsp3) is 0.200. The summed E-state index contributed by atoms with van der Waals surface area (Å²) in [5.41, 5.74) is 8.56. The quantitative estimate of drug-likeness (QED) is 0.395. The number of ether oxygens (including phenoxy) is 1. The highest BCUT2D eigenvalue weighted by atomic mass is 16.6. The van der Waals surface area contributed by atoms with Crippen molar-refractivity contribution >= 4 is 22.7 Å². The number of nitrogens with zero attached hydrogens (tertiary/aromatic N) is 3. The number of nitrogens with two attached hydrogens (primary N) is 1. The summed E-state index contributed by atoms with van der Waals surface area (Å²) >= 11 is 0. The van der Waals surface area contributed by atoms with Gasteiger partial charge in [0.05, 0.1) is 23.4 Å². The van der Waals surface area contributed by atoms with E-state index in [0.717, 1.165) is 11.1 Å². The average molecular weight is 300 g/mol. The number of azo groups is 1. The molecule has 0 aliphatic carbocycles. The molecular weight excluding hydrogens is 284 g/mol. The molecule has 114 valence electrons. The lowest BCUT2D eigenvalue weighted by Crippen LogP contribution is -1.92. The number of hydrogen-bond acceptors (Lipinski definition) is 6. The molecule has 2 aromatic rings. The number of nitro benzene ring substituents is 1. The molecule has 0 saturated heterocycles. The van der Waals surface area contributed by atoms with Crippen LogP contribution in [0.1, 0.15) is 11.1 Å². The number of benzene rings is 2. The van der Waals surface area contributed by atoms with E-state index in [4.69, 9.17) is 10.5 Å². The molecule has 2 rings (SSSR count). The molecule has 2 aromatic carbocycles. The minimum atomic E-state index is -0.474. The monoisotopic (exact) mass is 300 g/mol. The Morgan fingerprint density at radius 1 is 1.14 bits per heavy atom. The molecule has 0 saturated carbocycles. The number of anilines is 1. The Morgan fingerprint density at radius 2 is 1.82 bits per heavy atom. The molecule has 0 bridgehead atoms. The molecule has 0 aliphatic heterocycles. The van der Waals surface area contributed by atoms with E-state index < -0.39 is 4.92 Å². The number of methoxy groups -OCH3 is 1. The van der Waals surface area contributed by atoms with Crippen molar-refractivity contribution in [2.45, 2.75) is 13.8 Å². The third-order valence-corrected chi connectivity index (χ3v) is 3.14. The molecule has 0 fully saturated rings. The number of aryl methyl sites for hydroxylation is 2. The molecule has 0 amide bonds. The Bertz CT molecular complexity index is 757. The molecule has 7 nitrogen and oxygen atoms in total. The maximum atomic E-state index is 11.1. The lowest BCUT2D eigenvalue weighted by molar-refractivity contribution is -0.384. The van der Waals surface area contributed by atoms with Crippen LogP contribution in [0.3, 0.4) is 0 Å². The highest BCUT2D eigenvalue weighted by Gasteiger charge is 2.13. The summed E-state index contributed by atoms with van der Waals surface area (Å²) in [4.78, 5) is 10.6. The zero-order valence-corrected chi connectivity index (χ0v) is 12.5. The molecule has 7 heteroatoms. The van der Waals surface area contributed by atoms with Crippen LogP contribution in [-0.4, -0.2) is 12.0 Å². The van der Waals surface area contributed by atoms with Gasteiger partial charge in [-0.2, -0.15) is 0 Å². The predicted molar refractivity (Wildman–Crippen MR) is 84.2 cm³/mol. The van der Waals surface area contributed by atoms with E-state index in [0.29, 0.717) is 17.1 Å². The van der Waals surface area contributed by atoms with Gasteiger partial charge in [0.2, 0.25) is 0 Å². The molecule has 0 atom stereocenters. The molecule has 2 N–H and O–H groups in total. The number of hydrogen-bond donors (Lipinski definition) is 1. The van der Waals surface area contributed by atoms with Gasteiger partial charge in [0.1, 0.15) is 5.75 Å². The molecule has 0 unspecified atom stereocenters. The SMILES string of the molecule is COc1cc(N=Nc2ccc(C)cc2[N+](=O)[O-])c(C)cc1N. The predicted octanol–water partition coefficient (Wildman–Crippen LogP) is 4.22. The van der Waals surface area contributed by atoms with Crippen LogP contribution in [0, 0.1) is 24.0 Å². The van der Waals surface area contributed by atoms with Crippen LogP contribution in [0.15, 0.2) is 40.6 Å². The van der Waals surface area contributed by atoms with Crippen molar-refractivity contribution in [2.75, 3.05) is 12.8 Å². The summed E-state index contributed by atoms with van der Waals surface area (Å²) in [5, 5.41) is 19.1. The number of nitrogen functional groups attached to an aromatic ring is 1. The summed E-state index contributed by atoms with van der Waals surface area (Å²) in [6.45, 7) is 3.61. The van der Waals surface area contributed by atoms with Gasteiger partial charge >= 0.3 is 0 Å². The van der Waals surface area contributed by atoms with Gasteiger partial charge in [-0.25, -0.2) is 0 Å². The standard InChI is InChI=1S/C15H16N4O3/c1-9-4-5-12(14(6-9)19(20)21)17-18-13-8-15(22-3)11(16)7-10(13)2/h4-8H,16H2,1-3H3. The van der Waals surface area contributed by atoms with Gasteiger partial charge in [-0.1, -0.05) is 6.07 Å². The Kier molecular flexibility index (Phi) is 4.36. The Balaban J connectivity index is 2.43. The fourth-order valence-electron chi connectivity index (χ4n) is 1.96. The normalized spacial score (nSPS) is 10.9. The first-order chi connectivity index (χ1) is 10.4. The average Bonchev–Trinajstić information content (AvgIpc) is 2.47. The van der Waals surface area contributed by atoms with E-state index in [1.807, 2.05) is 6.92 Å². The largest absolute Gasteiger partial charge is 0.495 e. The fourth-order valence-corrected chi connectivity index (χ4v) is 1.96. The molecule has 0 radical (unpaired) electrons. The number of nitro groups is 1. The van der Waals surface area contributed by atoms with E-state index in [1.54, 1.807) is 31.2 Å². The van der Waals surface area contributed by atoms with Crippen LogP contribution in [0.2, 0.25) is 0 Å². The molecule has 0 aromatic heterocycles. The second kappa shape index (κ2) is 6.21. The first-order valence-corrected chi connectivity index (χ1v) is 6.53. The van der Waals surface area contributed by atoms with Crippen molar-refractivity contribution in [1.29, 1.82) is 0 Å². The van der Waals surface area contributed by atoms with Crippen molar-refractivity contribution < 1.29 is 9.66 Å². The van der Waals surface area contributed by atoms with E-state index in [1.165, 1.54) is 13.2 Å². The Hall–Kier alpha value is -2.96. The second-order valence-corrected chi connectivity index (χ2v) is 4.83. The Morgan fingerprint density at radius 3 is 2.45 bits per heavy atom. The van der Waals surface area contributed by atoms with Gasteiger partial charge in [0, 0.05) is 12.1 Å². The van der Waals surface area contributed by atoms with Crippen molar-refractivity contribution in [2.24, 2.45) is 10.2 Å². The maximum Gasteiger partial charge on any atom is 0.296 e. The van der Waals surface area contributed by atoms with Crippen LogP contribution in [0.5, 0.6) is 5.75 Å². The smallest absolute Gasteiger partial charge is 0.296 e. The topological polar surface area (TPSA) is 103 Å². The van der Waals surface area contributed by atoms with Gasteiger partial charge in [-0.15, -0.1) is 10.2 Å². The molecular formula is C15H16N4O3. The molecule has 0 aliphatic rings. The van der Waals surface area contributed by atoms with Crippen LogP contribution < -0.4 is 10.5 Å². The lowest BCUT2D eigenvalue weighted by Gasteiger charge is -2.07. The van der Waals surface area contributed by atoms with Crippen molar-refractivity contribution in [3.8, 4) is 5.75 Å². The zero-order chi connectivity index (χ0) is 16.3. The zero-order valence-electron chi connectivity index (χ0n) is 12.5. The van der Waals surface area contributed by atoms with Gasteiger partial charge < -0.3 is 10.5 Å². The van der Waals surface area contributed by atoms with E-state index in [-0.39, 0.29) is 11.4 Å². The third-order valence-electron chi connectivity index (χ3n) is 3.14. The lowest BCUT2D eigenvalue weighted by atomic mass is 10.1. The van der Waals surface area contributed by atoms with Gasteiger partial charge in [-0.05, 0) is 37.1 Å². The highest BCUT2D eigenvalue weighted by molar-refractivity contribution is 5.64. The van der Waals surface area contributed by atoms with E-state index in [2.05, 4.69) is 10.2 Å². The third kappa shape index (κ3) is 3.20. The first-order valence-electron chi connectivity index (χ1n) is 6.53. The Labute approximate surface area is 127 Å². The van der Waals surface area contributed by atoms with E-state index >= 15 is 0 Å². The maximum absolute atomic E-state index is 11.1. The van der Waals surface area contributed by atoms with Gasteiger partial charge in [-0.3, -0.25) is 10.1 Å². The minimum absolute atomic E-state index is 0.0798. The summed E-state index contributed by atoms with van der Waals surface area (Å²) < 4.78 is 5.14. The first kappa shape index (κ1) is 15.4. The summed E-state index contributed by atoms with van der Waals surface area (Å²) in [6, 6.07) is 8.15. The molecule has 0 heterocycles. The van der Waals surface area contributed by atoms with Crippen LogP contribution in [0.4, 0.5) is 22.7 Å². The van der Waals surface area contributed by atoms with Crippen LogP contribution in [0.25, 0.3) is 0 Å². The van der Waals surface area contributed by atoms with Crippen molar-refractivity contribution in [3.05, 3.63) is 51.6 Å². The van der Waals surface area contributed by atoms with Gasteiger partial charge in [0.15, 0.2) is 5.69 Å². The van der Waals surface area contributed by atoms with Crippen LogP contribution >= 0.6 is 0 Å².